The van der Waals surface area contributed by atoms with Gasteiger partial charge in [-0.15, -0.1) is 0 Å². The van der Waals surface area contributed by atoms with Crippen molar-refractivity contribution in [2.24, 2.45) is 0 Å². The van der Waals surface area contributed by atoms with Gasteiger partial charge in [0.05, 0.1) is 0 Å². The molecule has 0 saturated heterocycles. The number of rotatable bonds is 5. The number of benzene rings is 3. The van der Waals surface area contributed by atoms with Crippen LogP contribution in [-0.2, 0) is 9.59 Å². The second-order valence-electron chi connectivity index (χ2n) is 7.06. The van der Waals surface area contributed by atoms with Gasteiger partial charge in [-0.05, 0) is 40.5 Å². The normalized spacial score (nSPS) is 13.1. The highest BCUT2D eigenvalue weighted by molar-refractivity contribution is 5.98. The maximum atomic E-state index is 12.9. The lowest BCUT2D eigenvalue weighted by molar-refractivity contribution is -0.139. The highest BCUT2D eigenvalue weighted by Crippen LogP contribution is 2.46. The minimum absolute atomic E-state index is 0.208. The van der Waals surface area contributed by atoms with E-state index in [1.54, 1.807) is 12.1 Å². The van der Waals surface area contributed by atoms with Gasteiger partial charge in [-0.1, -0.05) is 54.6 Å². The summed E-state index contributed by atoms with van der Waals surface area (Å²) in [7, 11) is 0. The van der Waals surface area contributed by atoms with Gasteiger partial charge in [0.15, 0.2) is 0 Å². The Balaban J connectivity index is 1.68. The monoisotopic (exact) mass is 401 g/mol. The molecule has 0 fully saturated rings. The molecule has 6 heteroatoms. The fourth-order valence-electron chi connectivity index (χ4n) is 3.93. The first-order valence-electron chi connectivity index (χ1n) is 9.46. The molecule has 0 bridgehead atoms. The number of amides is 1. The zero-order chi connectivity index (χ0) is 21.3. The van der Waals surface area contributed by atoms with Gasteiger partial charge in [-0.25, -0.2) is 4.79 Å². The van der Waals surface area contributed by atoms with Crippen molar-refractivity contribution >= 4 is 17.8 Å². The van der Waals surface area contributed by atoms with Crippen LogP contribution in [0.1, 0.15) is 34.3 Å². The van der Waals surface area contributed by atoms with Gasteiger partial charge in [0, 0.05) is 18.4 Å². The molecular formula is C24H19NO5. The van der Waals surface area contributed by atoms with Gasteiger partial charge in [-0.2, -0.15) is 0 Å². The number of esters is 1. The summed E-state index contributed by atoms with van der Waals surface area (Å²) in [5.74, 6) is -2.49. The number of carbonyl (C=O) groups is 3. The van der Waals surface area contributed by atoms with E-state index in [-0.39, 0.29) is 11.3 Å². The smallest absolute Gasteiger partial charge is 0.327 e. The molecule has 0 radical (unpaired) electrons. The Morgan fingerprint density at radius 1 is 0.900 bits per heavy atom. The first kappa shape index (κ1) is 19.4. The van der Waals surface area contributed by atoms with Crippen LogP contribution in [0.5, 0.6) is 5.75 Å². The van der Waals surface area contributed by atoms with E-state index in [0.29, 0.717) is 0 Å². The fraction of sp³-hybridized carbons (Fsp3) is 0.125. The van der Waals surface area contributed by atoms with E-state index in [9.17, 15) is 19.5 Å². The van der Waals surface area contributed by atoms with Gasteiger partial charge in [-0.3, -0.25) is 9.59 Å². The zero-order valence-corrected chi connectivity index (χ0v) is 16.2. The number of hydrogen-bond acceptors (Lipinski definition) is 4. The molecule has 0 unspecified atom stereocenters. The minimum atomic E-state index is -1.17. The van der Waals surface area contributed by atoms with Crippen LogP contribution in [0.3, 0.4) is 0 Å². The Morgan fingerprint density at radius 2 is 1.50 bits per heavy atom. The first-order valence-corrected chi connectivity index (χ1v) is 9.46. The Kier molecular flexibility index (Phi) is 5.06. The molecule has 0 spiro atoms. The molecule has 3 aromatic rings. The largest absolute Gasteiger partial charge is 0.480 e. The third kappa shape index (κ3) is 3.55. The number of fused-ring (bicyclic) bond motifs is 3. The SMILES string of the molecule is CC(=O)Oc1cccc(C(=O)N[C@H](C(=O)O)C2c3ccccc3-c3ccccc32)c1. The van der Waals surface area contributed by atoms with Gasteiger partial charge in [0.25, 0.3) is 5.91 Å². The lowest BCUT2D eigenvalue weighted by Gasteiger charge is -2.23. The van der Waals surface area contributed by atoms with Crippen LogP contribution >= 0.6 is 0 Å². The summed E-state index contributed by atoms with van der Waals surface area (Å²) in [6, 6.07) is 20.1. The molecule has 2 N–H and O–H groups in total. The molecule has 0 heterocycles. The fourth-order valence-corrected chi connectivity index (χ4v) is 3.93. The number of carboxylic acids is 1. The van der Waals surface area contributed by atoms with Crippen LogP contribution in [0.25, 0.3) is 11.1 Å². The highest BCUT2D eigenvalue weighted by Gasteiger charge is 2.39. The molecule has 1 aliphatic carbocycles. The quantitative estimate of drug-likeness (QED) is 0.503. The maximum Gasteiger partial charge on any atom is 0.327 e. The standard InChI is InChI=1S/C24H19NO5/c1-14(26)30-16-8-6-7-15(13-16)23(27)25-22(24(28)29)21-19-11-4-2-9-17(19)18-10-3-5-12-20(18)21/h2-13,21-22H,1H3,(H,25,27)(H,28,29)/t22-/m0/s1. The summed E-state index contributed by atoms with van der Waals surface area (Å²) in [4.78, 5) is 36.2. The third-order valence-electron chi connectivity index (χ3n) is 5.13. The Hall–Kier alpha value is -3.93. The van der Waals surface area contributed by atoms with Crippen molar-refractivity contribution in [3.05, 3.63) is 89.5 Å². The van der Waals surface area contributed by atoms with E-state index < -0.39 is 29.8 Å². The van der Waals surface area contributed by atoms with Crippen molar-refractivity contribution in [1.29, 1.82) is 0 Å². The minimum Gasteiger partial charge on any atom is -0.480 e. The summed E-state index contributed by atoms with van der Waals surface area (Å²) in [5.41, 5.74) is 3.87. The van der Waals surface area contributed by atoms with Crippen LogP contribution in [0.2, 0.25) is 0 Å². The van der Waals surface area contributed by atoms with Crippen molar-refractivity contribution in [2.45, 2.75) is 18.9 Å². The van der Waals surface area contributed by atoms with E-state index in [1.165, 1.54) is 19.1 Å². The van der Waals surface area contributed by atoms with Crippen LogP contribution in [-0.4, -0.2) is 29.0 Å². The molecule has 4 rings (SSSR count). The summed E-state index contributed by atoms with van der Waals surface area (Å²) in [5, 5.41) is 12.6. The molecule has 6 nitrogen and oxygen atoms in total. The number of carbonyl (C=O) groups excluding carboxylic acids is 2. The van der Waals surface area contributed by atoms with Crippen molar-refractivity contribution < 1.29 is 24.2 Å². The number of carboxylic acid groups (broad SMARTS) is 1. The topological polar surface area (TPSA) is 92.7 Å². The predicted molar refractivity (Wildman–Crippen MR) is 110 cm³/mol. The number of hydrogen-bond donors (Lipinski definition) is 2. The number of ether oxygens (including phenoxy) is 1. The number of nitrogens with one attached hydrogen (secondary N) is 1. The lowest BCUT2D eigenvalue weighted by Crippen LogP contribution is -2.44. The van der Waals surface area contributed by atoms with Crippen molar-refractivity contribution in [3.8, 4) is 16.9 Å². The molecule has 1 atom stereocenters. The van der Waals surface area contributed by atoms with Crippen LogP contribution < -0.4 is 10.1 Å². The second-order valence-corrected chi connectivity index (χ2v) is 7.06. The summed E-state index contributed by atoms with van der Waals surface area (Å²) < 4.78 is 5.01. The highest BCUT2D eigenvalue weighted by atomic mass is 16.5. The average Bonchev–Trinajstić information content (AvgIpc) is 3.06. The Labute approximate surface area is 173 Å². The van der Waals surface area contributed by atoms with E-state index >= 15 is 0 Å². The summed E-state index contributed by atoms with van der Waals surface area (Å²) in [6.45, 7) is 1.27. The molecule has 1 amide bonds. The molecule has 0 saturated carbocycles. The first-order chi connectivity index (χ1) is 14.5. The average molecular weight is 401 g/mol. The molecular weight excluding hydrogens is 382 g/mol. The van der Waals surface area contributed by atoms with E-state index in [0.717, 1.165) is 22.3 Å². The third-order valence-corrected chi connectivity index (χ3v) is 5.13. The molecule has 1 aliphatic rings. The molecule has 3 aromatic carbocycles. The van der Waals surface area contributed by atoms with Crippen molar-refractivity contribution in [3.63, 3.8) is 0 Å². The molecule has 30 heavy (non-hydrogen) atoms. The van der Waals surface area contributed by atoms with Crippen LogP contribution in [0.4, 0.5) is 0 Å². The van der Waals surface area contributed by atoms with Gasteiger partial charge in [0.1, 0.15) is 11.8 Å². The van der Waals surface area contributed by atoms with Crippen molar-refractivity contribution in [1.82, 2.24) is 5.32 Å². The maximum absolute atomic E-state index is 12.9. The summed E-state index contributed by atoms with van der Waals surface area (Å²) in [6.07, 6.45) is 0. The van der Waals surface area contributed by atoms with E-state index in [1.807, 2.05) is 48.5 Å². The van der Waals surface area contributed by atoms with Gasteiger partial charge in [0.2, 0.25) is 0 Å². The van der Waals surface area contributed by atoms with Crippen molar-refractivity contribution in [2.75, 3.05) is 0 Å². The Bertz CT molecular complexity index is 1110. The lowest BCUT2D eigenvalue weighted by atomic mass is 9.89. The molecule has 0 aliphatic heterocycles. The molecule has 150 valence electrons. The summed E-state index contributed by atoms with van der Waals surface area (Å²) >= 11 is 0. The predicted octanol–water partition coefficient (Wildman–Crippen LogP) is 3.61. The van der Waals surface area contributed by atoms with Gasteiger partial charge >= 0.3 is 11.9 Å². The Morgan fingerprint density at radius 3 is 2.07 bits per heavy atom. The van der Waals surface area contributed by atoms with Crippen LogP contribution in [0.15, 0.2) is 72.8 Å². The van der Waals surface area contributed by atoms with E-state index in [4.69, 9.17) is 4.74 Å². The van der Waals surface area contributed by atoms with E-state index in [2.05, 4.69) is 5.32 Å². The zero-order valence-electron chi connectivity index (χ0n) is 16.2. The number of aliphatic carboxylic acids is 1. The van der Waals surface area contributed by atoms with Gasteiger partial charge < -0.3 is 15.2 Å². The van der Waals surface area contributed by atoms with Crippen LogP contribution in [0, 0.1) is 0 Å². The molecule has 0 aromatic heterocycles. The second kappa shape index (κ2) is 7.83.